The smallest absolute Gasteiger partial charge is 0.356 e. The van der Waals surface area contributed by atoms with E-state index in [9.17, 15) is 9.59 Å². The van der Waals surface area contributed by atoms with E-state index in [0.29, 0.717) is 0 Å². The highest BCUT2D eigenvalue weighted by Gasteiger charge is 2.00. The molecule has 0 unspecified atom stereocenters. The van der Waals surface area contributed by atoms with Crippen LogP contribution in [-0.2, 0) is 0 Å². The van der Waals surface area contributed by atoms with Gasteiger partial charge in [-0.2, -0.15) is 4.98 Å². The second kappa shape index (κ2) is 5.25. The topological polar surface area (TPSA) is 78.0 Å². The Morgan fingerprint density at radius 3 is 2.54 bits per heavy atom. The molecule has 5 nitrogen and oxygen atoms in total. The van der Waals surface area contributed by atoms with Crippen LogP contribution < -0.4 is 11.4 Å². The highest BCUT2D eigenvalue weighted by molar-refractivity contribution is 6.05. The van der Waals surface area contributed by atoms with Crippen LogP contribution in [0.5, 0.6) is 0 Å². The van der Waals surface area contributed by atoms with Gasteiger partial charge in [-0.05, 0) is 16.3 Å². The number of nitrogens with two attached hydrogens (primary N) is 1. The van der Waals surface area contributed by atoms with Crippen molar-refractivity contribution in [2.24, 2.45) is 0 Å². The third kappa shape index (κ3) is 3.20. The van der Waals surface area contributed by atoms with Crippen LogP contribution in [0.1, 0.15) is 11.7 Å². The fourth-order valence-corrected chi connectivity index (χ4v) is 0.656. The predicted molar refractivity (Wildman–Crippen MR) is 55.0 cm³/mol. The summed E-state index contributed by atoms with van der Waals surface area (Å²) in [6.45, 7) is 3.42. The summed E-state index contributed by atoms with van der Waals surface area (Å²) < 4.78 is 0.885. The van der Waals surface area contributed by atoms with Crippen LogP contribution >= 0.6 is 0 Å². The maximum absolute atomic E-state index is 10.8. The summed E-state index contributed by atoms with van der Waals surface area (Å²) in [6, 6.07) is 1.39. The summed E-state index contributed by atoms with van der Waals surface area (Å²) in [6.07, 6.45) is 1.30. The van der Waals surface area contributed by atoms with Gasteiger partial charge in [0.2, 0.25) is 5.91 Å². The van der Waals surface area contributed by atoms with Gasteiger partial charge in [0.15, 0.2) is 0 Å². The standard InChI is InChI=1S/C6H7N3O2.CH6Si/c1-4(10)9-3-2-5(7)8-6(9)11;1-2/h2-3H,1H3,(H2,7,8,11);1-2H3. The maximum atomic E-state index is 10.8. The first kappa shape index (κ1) is 11.6. The summed E-state index contributed by atoms with van der Waals surface area (Å²) >= 11 is 0. The molecule has 6 heteroatoms. The fraction of sp³-hybridized carbons (Fsp3) is 0.286. The summed E-state index contributed by atoms with van der Waals surface area (Å²) in [7, 11) is 1.31. The molecule has 0 radical (unpaired) electrons. The van der Waals surface area contributed by atoms with Crippen molar-refractivity contribution in [1.82, 2.24) is 9.55 Å². The van der Waals surface area contributed by atoms with Gasteiger partial charge in [-0.1, -0.05) is 6.55 Å². The molecular formula is C7H13N3O2Si. The molecule has 1 heterocycles. The SMILES string of the molecule is CC(=O)n1ccc(N)nc1=O.C[SiH3]. The van der Waals surface area contributed by atoms with E-state index in [-0.39, 0.29) is 11.7 Å². The molecule has 1 aromatic heterocycles. The van der Waals surface area contributed by atoms with Crippen molar-refractivity contribution < 1.29 is 4.79 Å². The van der Waals surface area contributed by atoms with Gasteiger partial charge >= 0.3 is 5.69 Å². The largest absolute Gasteiger partial charge is 0.383 e. The Balaban J connectivity index is 0.000000671. The third-order valence-electron chi connectivity index (χ3n) is 1.16. The van der Waals surface area contributed by atoms with E-state index in [1.165, 1.54) is 29.4 Å². The summed E-state index contributed by atoms with van der Waals surface area (Å²) in [4.78, 5) is 24.9. The summed E-state index contributed by atoms with van der Waals surface area (Å²) in [5.41, 5.74) is 4.55. The lowest BCUT2D eigenvalue weighted by molar-refractivity contribution is 0.0931. The van der Waals surface area contributed by atoms with Crippen LogP contribution in [0.15, 0.2) is 17.1 Å². The van der Waals surface area contributed by atoms with E-state index in [0.717, 1.165) is 4.57 Å². The Morgan fingerprint density at radius 2 is 2.15 bits per heavy atom. The Bertz CT molecular complexity index is 348. The van der Waals surface area contributed by atoms with Crippen molar-refractivity contribution in [3.63, 3.8) is 0 Å². The number of hydrogen-bond acceptors (Lipinski definition) is 4. The molecule has 0 aromatic carbocycles. The van der Waals surface area contributed by atoms with Gasteiger partial charge in [0.05, 0.1) is 0 Å². The Labute approximate surface area is 79.0 Å². The van der Waals surface area contributed by atoms with Crippen LogP contribution in [0.25, 0.3) is 0 Å². The molecule has 0 saturated carbocycles. The number of aromatic nitrogens is 2. The zero-order valence-corrected chi connectivity index (χ0v) is 9.94. The molecule has 0 atom stereocenters. The molecule has 0 bridgehead atoms. The van der Waals surface area contributed by atoms with Crippen molar-refractivity contribution >= 4 is 22.0 Å². The van der Waals surface area contributed by atoms with Crippen LogP contribution in [-0.4, -0.2) is 25.7 Å². The maximum Gasteiger partial charge on any atom is 0.356 e. The van der Waals surface area contributed by atoms with E-state index < -0.39 is 5.69 Å². The molecule has 1 rings (SSSR count). The third-order valence-corrected chi connectivity index (χ3v) is 1.16. The zero-order chi connectivity index (χ0) is 10.4. The van der Waals surface area contributed by atoms with E-state index in [4.69, 9.17) is 5.73 Å². The molecule has 0 fully saturated rings. The molecule has 0 aliphatic heterocycles. The van der Waals surface area contributed by atoms with Gasteiger partial charge in [-0.15, -0.1) is 0 Å². The first-order valence-corrected chi connectivity index (χ1v) is 5.97. The first-order valence-electron chi connectivity index (χ1n) is 3.97. The van der Waals surface area contributed by atoms with Crippen molar-refractivity contribution in [2.75, 3.05) is 5.73 Å². The lowest BCUT2D eigenvalue weighted by Crippen LogP contribution is -2.26. The monoisotopic (exact) mass is 199 g/mol. The van der Waals surface area contributed by atoms with E-state index >= 15 is 0 Å². The minimum Gasteiger partial charge on any atom is -0.383 e. The van der Waals surface area contributed by atoms with Gasteiger partial charge in [0, 0.05) is 13.1 Å². The molecule has 72 valence electrons. The molecule has 0 aliphatic carbocycles. The number of hydrogen-bond donors (Lipinski definition) is 1. The van der Waals surface area contributed by atoms with Crippen molar-refractivity contribution in [2.45, 2.75) is 13.5 Å². The average molecular weight is 199 g/mol. The zero-order valence-electron chi connectivity index (χ0n) is 7.94. The van der Waals surface area contributed by atoms with Gasteiger partial charge in [-0.3, -0.25) is 4.79 Å². The molecule has 0 spiro atoms. The molecule has 13 heavy (non-hydrogen) atoms. The van der Waals surface area contributed by atoms with Crippen LogP contribution in [0, 0.1) is 0 Å². The molecule has 0 saturated heterocycles. The first-order chi connectivity index (χ1) is 6.11. The number of nitrogens with zero attached hydrogens (tertiary/aromatic N) is 2. The highest BCUT2D eigenvalue weighted by atomic mass is 28.1. The number of nitrogen functional groups attached to an aromatic ring is 1. The Hall–Kier alpha value is -1.43. The summed E-state index contributed by atoms with van der Waals surface area (Å²) in [5, 5.41) is 0. The summed E-state index contributed by atoms with van der Waals surface area (Å²) in [5.74, 6) is -0.255. The van der Waals surface area contributed by atoms with Crippen LogP contribution in [0.4, 0.5) is 5.82 Å². The fourth-order valence-electron chi connectivity index (χ4n) is 0.656. The second-order valence-electron chi connectivity index (χ2n) is 2.02. The van der Waals surface area contributed by atoms with E-state index in [1.54, 1.807) is 0 Å². The van der Waals surface area contributed by atoms with Crippen LogP contribution in [0.2, 0.25) is 6.55 Å². The number of carbonyl (C=O) groups excluding carboxylic acids is 1. The van der Waals surface area contributed by atoms with E-state index in [2.05, 4.69) is 11.5 Å². The second-order valence-corrected chi connectivity index (χ2v) is 2.02. The molecular weight excluding hydrogens is 186 g/mol. The van der Waals surface area contributed by atoms with Crippen molar-refractivity contribution in [1.29, 1.82) is 0 Å². The van der Waals surface area contributed by atoms with Crippen LogP contribution in [0.3, 0.4) is 0 Å². The highest BCUT2D eigenvalue weighted by Crippen LogP contribution is 1.88. The molecule has 1 aromatic rings. The van der Waals surface area contributed by atoms with Crippen molar-refractivity contribution in [3.8, 4) is 0 Å². The quantitative estimate of drug-likeness (QED) is 0.537. The van der Waals surface area contributed by atoms with Crippen molar-refractivity contribution in [3.05, 3.63) is 22.7 Å². The normalized spacial score (nSPS) is 8.77. The van der Waals surface area contributed by atoms with Gasteiger partial charge in [0.1, 0.15) is 5.82 Å². The number of anilines is 1. The van der Waals surface area contributed by atoms with E-state index in [1.807, 2.05) is 0 Å². The minimum absolute atomic E-state index is 0.118. The van der Waals surface area contributed by atoms with Gasteiger partial charge in [0.25, 0.3) is 0 Å². The number of carbonyl (C=O) groups is 1. The lowest BCUT2D eigenvalue weighted by Gasteiger charge is -1.96. The lowest BCUT2D eigenvalue weighted by atomic mass is 10.5. The average Bonchev–Trinajstić information content (AvgIpc) is 2.07. The van der Waals surface area contributed by atoms with Gasteiger partial charge in [-0.25, -0.2) is 9.36 Å². The minimum atomic E-state index is -0.641. The molecule has 0 aliphatic rings. The molecule has 0 amide bonds. The Kier molecular flexibility index (Phi) is 4.68. The number of rotatable bonds is 0. The van der Waals surface area contributed by atoms with Gasteiger partial charge < -0.3 is 5.73 Å². The molecule has 2 N–H and O–H groups in total. The Morgan fingerprint density at radius 1 is 1.62 bits per heavy atom. The predicted octanol–water partition coefficient (Wildman–Crippen LogP) is -1.11.